The molecule has 3 aromatic carbocycles. The Labute approximate surface area is 239 Å². The molecule has 2 aromatic heterocycles. The number of H-pyrrole nitrogens is 1. The van der Waals surface area contributed by atoms with Crippen molar-refractivity contribution in [2.24, 2.45) is 13.0 Å². The number of rotatable bonds is 7. The van der Waals surface area contributed by atoms with E-state index >= 15 is 0 Å². The summed E-state index contributed by atoms with van der Waals surface area (Å²) in [7, 11) is 1.75. The number of fused-ring (bicyclic) bond motifs is 2. The minimum Gasteiger partial charge on any atom is -0.507 e. The molecule has 41 heavy (non-hydrogen) atoms. The van der Waals surface area contributed by atoms with Crippen LogP contribution in [0.1, 0.15) is 66.0 Å². The minimum atomic E-state index is -0.560. The first-order valence-electron chi connectivity index (χ1n) is 14.6. The van der Waals surface area contributed by atoms with Crippen molar-refractivity contribution in [3.05, 3.63) is 111 Å². The van der Waals surface area contributed by atoms with Gasteiger partial charge in [0, 0.05) is 35.5 Å². The highest BCUT2D eigenvalue weighted by atomic mass is 16.5. The molecule has 0 bridgehead atoms. The molecular formula is C35H36N2O4. The quantitative estimate of drug-likeness (QED) is 0.217. The second kappa shape index (κ2) is 11.3. The Hall–Kier alpha value is -4.32. The number of aromatic hydroxyl groups is 1. The van der Waals surface area contributed by atoms with Gasteiger partial charge in [0.25, 0.3) is 5.56 Å². The van der Waals surface area contributed by atoms with E-state index in [4.69, 9.17) is 4.74 Å². The second-order valence-corrected chi connectivity index (χ2v) is 11.3. The van der Waals surface area contributed by atoms with E-state index in [0.717, 1.165) is 59.0 Å². The summed E-state index contributed by atoms with van der Waals surface area (Å²) in [6, 6.07) is 23.5. The monoisotopic (exact) mass is 548 g/mol. The molecule has 2 N–H and O–H groups in total. The Balaban J connectivity index is 1.49. The van der Waals surface area contributed by atoms with Crippen molar-refractivity contribution in [1.82, 2.24) is 9.55 Å². The molecule has 0 radical (unpaired) electrons. The maximum Gasteiger partial charge on any atom is 0.308 e. The van der Waals surface area contributed by atoms with Gasteiger partial charge < -0.3 is 19.4 Å². The van der Waals surface area contributed by atoms with E-state index in [9.17, 15) is 14.7 Å². The van der Waals surface area contributed by atoms with Crippen LogP contribution in [-0.4, -0.2) is 27.2 Å². The fourth-order valence-electron chi connectivity index (χ4n) is 6.45. The maximum atomic E-state index is 14.0. The van der Waals surface area contributed by atoms with Crippen LogP contribution in [0, 0.1) is 12.8 Å². The first kappa shape index (κ1) is 26.9. The first-order chi connectivity index (χ1) is 19.9. The van der Waals surface area contributed by atoms with Gasteiger partial charge in [-0.3, -0.25) is 9.59 Å². The first-order valence-corrected chi connectivity index (χ1v) is 14.6. The lowest BCUT2D eigenvalue weighted by molar-refractivity contribution is -0.149. The van der Waals surface area contributed by atoms with E-state index in [1.165, 1.54) is 6.42 Å². The van der Waals surface area contributed by atoms with Gasteiger partial charge in [-0.2, -0.15) is 0 Å². The highest BCUT2D eigenvalue weighted by molar-refractivity contribution is 5.88. The number of aromatic amines is 1. The Kier molecular flexibility index (Phi) is 7.39. The molecule has 1 unspecified atom stereocenters. The predicted octanol–water partition coefficient (Wildman–Crippen LogP) is 6.88. The standard InChI is InChI=1S/C35H36N2O4/c1-22-16-18-23(19-17-22)30(31-33(38)27-13-7-9-15-29(27)37(2)34(31)39)32-26(25-12-6-8-14-28(25)36-32)20-21-41-35(40)24-10-4-3-5-11-24/h6-9,12-19,24,30,36,38H,3-5,10-11,20-21H2,1-2H3. The zero-order valence-electron chi connectivity index (χ0n) is 23.7. The number of hydrogen-bond acceptors (Lipinski definition) is 4. The van der Waals surface area contributed by atoms with Gasteiger partial charge in [-0.15, -0.1) is 0 Å². The molecule has 0 spiro atoms. The number of nitrogens with one attached hydrogen (secondary N) is 1. The van der Waals surface area contributed by atoms with Crippen molar-refractivity contribution < 1.29 is 14.6 Å². The molecule has 1 aliphatic rings. The number of aromatic nitrogens is 2. The van der Waals surface area contributed by atoms with E-state index in [0.29, 0.717) is 22.9 Å². The summed E-state index contributed by atoms with van der Waals surface area (Å²) >= 11 is 0. The fraction of sp³-hybridized carbons (Fsp3) is 0.314. The summed E-state index contributed by atoms with van der Waals surface area (Å²) in [5.74, 6) is -0.691. The van der Waals surface area contributed by atoms with Gasteiger partial charge in [0.15, 0.2) is 0 Å². The van der Waals surface area contributed by atoms with Crippen LogP contribution in [0.5, 0.6) is 5.75 Å². The third-order valence-electron chi connectivity index (χ3n) is 8.68. The molecular weight excluding hydrogens is 512 g/mol. The number of carbonyl (C=O) groups is 1. The Bertz CT molecular complexity index is 1770. The molecule has 0 saturated heterocycles. The second-order valence-electron chi connectivity index (χ2n) is 11.3. The third kappa shape index (κ3) is 5.03. The molecule has 1 fully saturated rings. The third-order valence-corrected chi connectivity index (χ3v) is 8.68. The van der Waals surface area contributed by atoms with Crippen LogP contribution in [0.3, 0.4) is 0 Å². The average Bonchev–Trinajstić information content (AvgIpc) is 3.37. The lowest BCUT2D eigenvalue weighted by Crippen LogP contribution is -2.25. The maximum absolute atomic E-state index is 14.0. The lowest BCUT2D eigenvalue weighted by Gasteiger charge is -2.22. The summed E-state index contributed by atoms with van der Waals surface area (Å²) in [6.45, 7) is 2.28. The van der Waals surface area contributed by atoms with Crippen LogP contribution in [0.15, 0.2) is 77.6 Å². The molecule has 6 nitrogen and oxygen atoms in total. The minimum absolute atomic E-state index is 0.0101. The van der Waals surface area contributed by atoms with Gasteiger partial charge in [-0.25, -0.2) is 0 Å². The SMILES string of the molecule is Cc1ccc(C(c2[nH]c3ccccc3c2CCOC(=O)C2CCCCC2)c2c(O)c3ccccc3n(C)c2=O)cc1. The highest BCUT2D eigenvalue weighted by Gasteiger charge is 2.30. The Morgan fingerprint density at radius 3 is 2.41 bits per heavy atom. The van der Waals surface area contributed by atoms with E-state index in [1.54, 1.807) is 11.6 Å². The van der Waals surface area contributed by atoms with E-state index in [2.05, 4.69) is 11.1 Å². The van der Waals surface area contributed by atoms with Gasteiger partial charge in [-0.1, -0.05) is 79.4 Å². The molecule has 0 amide bonds. The zero-order chi connectivity index (χ0) is 28.5. The van der Waals surface area contributed by atoms with Crippen molar-refractivity contribution in [2.75, 3.05) is 6.61 Å². The van der Waals surface area contributed by atoms with Crippen LogP contribution in [0.2, 0.25) is 0 Å². The number of benzene rings is 3. The molecule has 1 atom stereocenters. The average molecular weight is 549 g/mol. The van der Waals surface area contributed by atoms with Crippen LogP contribution >= 0.6 is 0 Å². The van der Waals surface area contributed by atoms with Gasteiger partial charge in [0.05, 0.1) is 29.5 Å². The lowest BCUT2D eigenvalue weighted by atomic mass is 9.85. The van der Waals surface area contributed by atoms with E-state index < -0.39 is 5.92 Å². The highest BCUT2D eigenvalue weighted by Crippen LogP contribution is 2.41. The van der Waals surface area contributed by atoms with Crippen LogP contribution in [-0.2, 0) is 23.0 Å². The largest absolute Gasteiger partial charge is 0.507 e. The molecule has 6 heteroatoms. The van der Waals surface area contributed by atoms with Crippen LogP contribution in [0.4, 0.5) is 0 Å². The van der Waals surface area contributed by atoms with Crippen molar-refractivity contribution >= 4 is 27.8 Å². The molecule has 1 saturated carbocycles. The van der Waals surface area contributed by atoms with Crippen molar-refractivity contribution in [3.8, 4) is 5.75 Å². The topological polar surface area (TPSA) is 84.3 Å². The summed E-state index contributed by atoms with van der Waals surface area (Å²) in [5, 5.41) is 13.3. The Morgan fingerprint density at radius 2 is 1.66 bits per heavy atom. The zero-order valence-corrected chi connectivity index (χ0v) is 23.7. The normalized spacial score (nSPS) is 14.9. The Morgan fingerprint density at radius 1 is 0.976 bits per heavy atom. The molecule has 2 heterocycles. The van der Waals surface area contributed by atoms with Crippen molar-refractivity contribution in [3.63, 3.8) is 0 Å². The van der Waals surface area contributed by atoms with Gasteiger partial charge in [0.1, 0.15) is 5.75 Å². The van der Waals surface area contributed by atoms with Gasteiger partial charge in [-0.05, 0) is 49.1 Å². The summed E-state index contributed by atoms with van der Waals surface area (Å²) in [5.41, 5.74) is 5.49. The predicted molar refractivity (Wildman–Crippen MR) is 163 cm³/mol. The number of para-hydroxylation sites is 2. The summed E-state index contributed by atoms with van der Waals surface area (Å²) in [4.78, 5) is 30.4. The van der Waals surface area contributed by atoms with Gasteiger partial charge >= 0.3 is 5.97 Å². The van der Waals surface area contributed by atoms with E-state index in [1.807, 2.05) is 73.7 Å². The number of aryl methyl sites for hydroxylation is 2. The molecule has 6 rings (SSSR count). The van der Waals surface area contributed by atoms with Gasteiger partial charge in [0.2, 0.25) is 0 Å². The smallest absolute Gasteiger partial charge is 0.308 e. The number of hydrogen-bond donors (Lipinski definition) is 2. The molecule has 5 aromatic rings. The molecule has 210 valence electrons. The molecule has 0 aliphatic heterocycles. The van der Waals surface area contributed by atoms with Crippen molar-refractivity contribution in [1.29, 1.82) is 0 Å². The number of nitrogens with zero attached hydrogens (tertiary/aromatic N) is 1. The number of pyridine rings is 1. The number of carbonyl (C=O) groups excluding carboxylic acids is 1. The summed E-state index contributed by atoms with van der Waals surface area (Å²) in [6.07, 6.45) is 5.64. The van der Waals surface area contributed by atoms with Crippen LogP contribution in [0.25, 0.3) is 21.8 Å². The van der Waals surface area contributed by atoms with E-state index in [-0.39, 0.29) is 29.8 Å². The fourth-order valence-corrected chi connectivity index (χ4v) is 6.45. The molecule has 1 aliphatic carbocycles. The number of ether oxygens (including phenoxy) is 1. The number of esters is 1. The van der Waals surface area contributed by atoms with Crippen molar-refractivity contribution in [2.45, 2.75) is 51.4 Å². The summed E-state index contributed by atoms with van der Waals surface area (Å²) < 4.78 is 7.43. The van der Waals surface area contributed by atoms with Crippen LogP contribution < -0.4 is 5.56 Å².